The summed E-state index contributed by atoms with van der Waals surface area (Å²) in [5.41, 5.74) is 3.98. The van der Waals surface area contributed by atoms with E-state index in [1.807, 2.05) is 87.5 Å². The Morgan fingerprint density at radius 3 is 2.37 bits per heavy atom. The number of hydrogen-bond acceptors (Lipinski definition) is 3. The molecule has 0 unspecified atom stereocenters. The van der Waals surface area contributed by atoms with Crippen LogP contribution in [0.4, 0.5) is 0 Å². The van der Waals surface area contributed by atoms with Gasteiger partial charge in [0.25, 0.3) is 5.91 Å². The van der Waals surface area contributed by atoms with Gasteiger partial charge in [0.05, 0.1) is 0 Å². The molecule has 5 nitrogen and oxygen atoms in total. The standard InChI is InChI=1S/C29H33ClN2O3/c1-4-16-31-29(34)27(18-23-10-6-5-7-11-23)32(19-24-12-8-9-13-26(24)30)28(33)20-35-25-15-14-21(2)22(3)17-25/h5-15,17,27H,4,16,18-20H2,1-3H3,(H,31,34)/t27-/m0/s1. The van der Waals surface area contributed by atoms with Gasteiger partial charge in [-0.1, -0.05) is 73.1 Å². The molecular weight excluding hydrogens is 460 g/mol. The van der Waals surface area contributed by atoms with Crippen LogP contribution < -0.4 is 10.1 Å². The second-order valence-electron chi connectivity index (χ2n) is 8.64. The summed E-state index contributed by atoms with van der Waals surface area (Å²) in [7, 11) is 0. The second kappa shape index (κ2) is 13.0. The van der Waals surface area contributed by atoms with Crippen LogP contribution in [0.2, 0.25) is 5.02 Å². The van der Waals surface area contributed by atoms with Gasteiger partial charge in [0.15, 0.2) is 6.61 Å². The SMILES string of the molecule is CCCNC(=O)[C@H](Cc1ccccc1)N(Cc1ccccc1Cl)C(=O)COc1ccc(C)c(C)c1. The van der Waals surface area contributed by atoms with Gasteiger partial charge in [-0.15, -0.1) is 0 Å². The highest BCUT2D eigenvalue weighted by molar-refractivity contribution is 6.31. The Balaban J connectivity index is 1.90. The number of benzene rings is 3. The molecule has 0 spiro atoms. The highest BCUT2D eigenvalue weighted by Crippen LogP contribution is 2.21. The molecule has 3 aromatic carbocycles. The summed E-state index contributed by atoms with van der Waals surface area (Å²) in [5.74, 6) is 0.146. The summed E-state index contributed by atoms with van der Waals surface area (Å²) >= 11 is 6.44. The lowest BCUT2D eigenvalue weighted by Gasteiger charge is -2.31. The summed E-state index contributed by atoms with van der Waals surface area (Å²) < 4.78 is 5.86. The van der Waals surface area contributed by atoms with Crippen LogP contribution in [0.5, 0.6) is 5.75 Å². The van der Waals surface area contributed by atoms with Crippen molar-refractivity contribution >= 4 is 23.4 Å². The first-order valence-electron chi connectivity index (χ1n) is 11.9. The summed E-state index contributed by atoms with van der Waals surface area (Å²) in [6.45, 7) is 6.58. The quantitative estimate of drug-likeness (QED) is 0.384. The number of nitrogens with one attached hydrogen (secondary N) is 1. The van der Waals surface area contributed by atoms with Crippen LogP contribution >= 0.6 is 11.6 Å². The van der Waals surface area contributed by atoms with Crippen molar-refractivity contribution in [3.05, 3.63) is 100 Å². The second-order valence-corrected chi connectivity index (χ2v) is 9.05. The minimum Gasteiger partial charge on any atom is -0.484 e. The highest BCUT2D eigenvalue weighted by Gasteiger charge is 2.31. The van der Waals surface area contributed by atoms with Crippen LogP contribution in [-0.4, -0.2) is 35.9 Å². The lowest BCUT2D eigenvalue weighted by molar-refractivity contribution is -0.142. The fourth-order valence-corrected chi connectivity index (χ4v) is 3.96. The van der Waals surface area contributed by atoms with Gasteiger partial charge in [0, 0.05) is 24.5 Å². The van der Waals surface area contributed by atoms with Crippen molar-refractivity contribution < 1.29 is 14.3 Å². The van der Waals surface area contributed by atoms with Crippen molar-refractivity contribution in [3.63, 3.8) is 0 Å². The summed E-state index contributed by atoms with van der Waals surface area (Å²) in [6.07, 6.45) is 1.19. The number of carbonyl (C=O) groups excluding carboxylic acids is 2. The zero-order valence-electron chi connectivity index (χ0n) is 20.6. The Labute approximate surface area is 213 Å². The monoisotopic (exact) mass is 492 g/mol. The highest BCUT2D eigenvalue weighted by atomic mass is 35.5. The molecule has 3 rings (SSSR count). The zero-order valence-corrected chi connectivity index (χ0v) is 21.3. The molecule has 0 radical (unpaired) electrons. The molecule has 184 valence electrons. The molecule has 1 atom stereocenters. The normalized spacial score (nSPS) is 11.5. The first-order valence-corrected chi connectivity index (χ1v) is 12.3. The average molecular weight is 493 g/mol. The van der Waals surface area contributed by atoms with E-state index in [-0.39, 0.29) is 25.0 Å². The van der Waals surface area contributed by atoms with Crippen molar-refractivity contribution in [2.45, 2.75) is 46.2 Å². The third-order valence-electron chi connectivity index (χ3n) is 5.96. The Hall–Kier alpha value is -3.31. The smallest absolute Gasteiger partial charge is 0.261 e. The molecule has 0 aliphatic heterocycles. The Morgan fingerprint density at radius 1 is 0.971 bits per heavy atom. The van der Waals surface area contributed by atoms with Crippen molar-refractivity contribution in [1.82, 2.24) is 10.2 Å². The number of amides is 2. The van der Waals surface area contributed by atoms with E-state index in [1.54, 1.807) is 11.0 Å². The minimum absolute atomic E-state index is 0.181. The maximum absolute atomic E-state index is 13.6. The van der Waals surface area contributed by atoms with E-state index in [2.05, 4.69) is 5.32 Å². The summed E-state index contributed by atoms with van der Waals surface area (Å²) in [6, 6.07) is 22.1. The number of halogens is 1. The van der Waals surface area contributed by atoms with E-state index in [1.165, 1.54) is 0 Å². The zero-order chi connectivity index (χ0) is 25.2. The van der Waals surface area contributed by atoms with Crippen molar-refractivity contribution in [3.8, 4) is 5.75 Å². The topological polar surface area (TPSA) is 58.6 Å². The maximum atomic E-state index is 13.6. The van der Waals surface area contributed by atoms with Crippen LogP contribution in [0.3, 0.4) is 0 Å². The molecule has 0 heterocycles. The van der Waals surface area contributed by atoms with E-state index in [4.69, 9.17) is 16.3 Å². The fourth-order valence-electron chi connectivity index (χ4n) is 3.76. The van der Waals surface area contributed by atoms with Crippen LogP contribution in [0.25, 0.3) is 0 Å². The van der Waals surface area contributed by atoms with Gasteiger partial charge < -0.3 is 15.0 Å². The van der Waals surface area contributed by atoms with Gasteiger partial charge in [-0.2, -0.15) is 0 Å². The molecule has 6 heteroatoms. The van der Waals surface area contributed by atoms with Gasteiger partial charge in [-0.3, -0.25) is 9.59 Å². The predicted octanol–water partition coefficient (Wildman–Crippen LogP) is 5.50. The van der Waals surface area contributed by atoms with Gasteiger partial charge >= 0.3 is 0 Å². The predicted molar refractivity (Wildman–Crippen MR) is 141 cm³/mol. The molecule has 1 N–H and O–H groups in total. The number of rotatable bonds is 11. The first-order chi connectivity index (χ1) is 16.9. The van der Waals surface area contributed by atoms with Crippen molar-refractivity contribution in [2.75, 3.05) is 13.2 Å². The number of aryl methyl sites for hydroxylation is 2. The molecule has 0 saturated heterocycles. The third kappa shape index (κ3) is 7.59. The molecule has 3 aromatic rings. The number of carbonyl (C=O) groups is 2. The third-order valence-corrected chi connectivity index (χ3v) is 6.33. The van der Waals surface area contributed by atoms with Crippen LogP contribution in [0.15, 0.2) is 72.8 Å². The van der Waals surface area contributed by atoms with Gasteiger partial charge in [0.2, 0.25) is 5.91 Å². The molecular formula is C29H33ClN2O3. The molecule has 35 heavy (non-hydrogen) atoms. The largest absolute Gasteiger partial charge is 0.484 e. The van der Waals surface area contributed by atoms with Gasteiger partial charge in [0.1, 0.15) is 11.8 Å². The number of hydrogen-bond donors (Lipinski definition) is 1. The van der Waals surface area contributed by atoms with E-state index >= 15 is 0 Å². The van der Waals surface area contributed by atoms with E-state index in [9.17, 15) is 9.59 Å². The Bertz CT molecular complexity index is 1130. The minimum atomic E-state index is -0.712. The molecule has 0 aliphatic carbocycles. The summed E-state index contributed by atoms with van der Waals surface area (Å²) in [5, 5.41) is 3.52. The van der Waals surface area contributed by atoms with E-state index in [0.29, 0.717) is 23.7 Å². The summed E-state index contributed by atoms with van der Waals surface area (Å²) in [4.78, 5) is 28.5. The Kier molecular flexibility index (Phi) is 9.74. The lowest BCUT2D eigenvalue weighted by atomic mass is 10.0. The molecule has 2 amide bonds. The molecule has 0 aromatic heterocycles. The Morgan fingerprint density at radius 2 is 1.69 bits per heavy atom. The molecule has 0 saturated carbocycles. The molecule has 0 aliphatic rings. The van der Waals surface area contributed by atoms with Crippen LogP contribution in [-0.2, 0) is 22.6 Å². The molecule has 0 bridgehead atoms. The molecule has 0 fully saturated rings. The van der Waals surface area contributed by atoms with E-state index in [0.717, 1.165) is 28.7 Å². The first kappa shape index (κ1) is 26.3. The van der Waals surface area contributed by atoms with Crippen LogP contribution in [0, 0.1) is 13.8 Å². The van der Waals surface area contributed by atoms with Crippen molar-refractivity contribution in [1.29, 1.82) is 0 Å². The number of nitrogens with zero attached hydrogens (tertiary/aromatic N) is 1. The fraction of sp³-hybridized carbons (Fsp3) is 0.310. The van der Waals surface area contributed by atoms with Gasteiger partial charge in [-0.25, -0.2) is 0 Å². The lowest BCUT2D eigenvalue weighted by Crippen LogP contribution is -2.51. The van der Waals surface area contributed by atoms with E-state index < -0.39 is 6.04 Å². The van der Waals surface area contributed by atoms with Crippen LogP contribution in [0.1, 0.15) is 35.6 Å². The number of ether oxygens (including phenoxy) is 1. The van der Waals surface area contributed by atoms with Crippen molar-refractivity contribution in [2.24, 2.45) is 0 Å². The average Bonchev–Trinajstić information content (AvgIpc) is 2.86. The maximum Gasteiger partial charge on any atom is 0.261 e. The van der Waals surface area contributed by atoms with Gasteiger partial charge in [-0.05, 0) is 60.7 Å².